The van der Waals surface area contributed by atoms with Crippen molar-refractivity contribution in [1.82, 2.24) is 0 Å². The van der Waals surface area contributed by atoms with Gasteiger partial charge in [0.05, 0.1) is 19.2 Å². The van der Waals surface area contributed by atoms with Crippen molar-refractivity contribution in [2.45, 2.75) is 12.8 Å². The largest absolute Gasteiger partial charge is 0.497 e. The Morgan fingerprint density at radius 1 is 1.27 bits per heavy atom. The summed E-state index contributed by atoms with van der Waals surface area (Å²) in [6, 6.07) is 3.54. The Balaban J connectivity index is 3.01. The van der Waals surface area contributed by atoms with Crippen LogP contribution in [0.5, 0.6) is 11.5 Å². The van der Waals surface area contributed by atoms with Crippen LogP contribution in [0.2, 0.25) is 5.02 Å². The molecule has 0 aliphatic carbocycles. The maximum absolute atomic E-state index is 8.77. The van der Waals surface area contributed by atoms with E-state index in [1.807, 2.05) is 0 Å². The van der Waals surface area contributed by atoms with Gasteiger partial charge in [-0.2, -0.15) is 0 Å². The van der Waals surface area contributed by atoms with Gasteiger partial charge < -0.3 is 14.6 Å². The van der Waals surface area contributed by atoms with E-state index in [2.05, 4.69) is 0 Å². The van der Waals surface area contributed by atoms with Crippen molar-refractivity contribution in [1.29, 1.82) is 0 Å². The summed E-state index contributed by atoms with van der Waals surface area (Å²) < 4.78 is 10.3. The summed E-state index contributed by atoms with van der Waals surface area (Å²) >= 11 is 6.09. The quantitative estimate of drug-likeness (QED) is 0.844. The smallest absolute Gasteiger partial charge is 0.127 e. The van der Waals surface area contributed by atoms with Crippen LogP contribution in [0.25, 0.3) is 0 Å². The highest BCUT2D eigenvalue weighted by atomic mass is 35.5. The van der Waals surface area contributed by atoms with E-state index in [4.69, 9.17) is 26.2 Å². The molecule has 4 heteroatoms. The Kier molecular flexibility index (Phi) is 4.72. The first-order valence-electron chi connectivity index (χ1n) is 4.74. The van der Waals surface area contributed by atoms with Crippen molar-refractivity contribution in [3.8, 4) is 11.5 Å². The summed E-state index contributed by atoms with van der Waals surface area (Å²) in [6.07, 6.45) is 1.37. The second-order valence-corrected chi connectivity index (χ2v) is 3.52. The number of aliphatic hydroxyl groups is 1. The molecule has 0 saturated carbocycles. The molecule has 1 aromatic rings. The summed E-state index contributed by atoms with van der Waals surface area (Å²) in [4.78, 5) is 0. The van der Waals surface area contributed by atoms with Gasteiger partial charge in [0.1, 0.15) is 11.5 Å². The Morgan fingerprint density at radius 3 is 2.53 bits per heavy atom. The van der Waals surface area contributed by atoms with Gasteiger partial charge in [0.25, 0.3) is 0 Å². The van der Waals surface area contributed by atoms with Crippen molar-refractivity contribution in [2.24, 2.45) is 0 Å². The average molecular weight is 231 g/mol. The van der Waals surface area contributed by atoms with Gasteiger partial charge in [0.15, 0.2) is 0 Å². The molecule has 0 spiro atoms. The maximum Gasteiger partial charge on any atom is 0.127 e. The van der Waals surface area contributed by atoms with Gasteiger partial charge in [-0.15, -0.1) is 0 Å². The normalized spacial score (nSPS) is 10.1. The lowest BCUT2D eigenvalue weighted by atomic mass is 10.1. The van der Waals surface area contributed by atoms with E-state index in [1.165, 1.54) is 0 Å². The standard InChI is InChI=1S/C11H15ClO3/c1-14-8-6-10(12)9(4-3-5-13)11(7-8)15-2/h6-7,13H,3-5H2,1-2H3. The fourth-order valence-corrected chi connectivity index (χ4v) is 1.68. The molecule has 0 aliphatic rings. The van der Waals surface area contributed by atoms with Gasteiger partial charge in [0, 0.05) is 18.2 Å². The van der Waals surface area contributed by atoms with E-state index in [9.17, 15) is 0 Å². The number of aliphatic hydroxyl groups excluding tert-OH is 1. The van der Waals surface area contributed by atoms with Crippen molar-refractivity contribution in [2.75, 3.05) is 20.8 Å². The third-order valence-electron chi connectivity index (χ3n) is 2.17. The van der Waals surface area contributed by atoms with Crippen molar-refractivity contribution in [3.05, 3.63) is 22.7 Å². The van der Waals surface area contributed by atoms with E-state index in [0.717, 1.165) is 5.56 Å². The SMILES string of the molecule is COc1cc(Cl)c(CCCO)c(OC)c1. The highest BCUT2D eigenvalue weighted by Crippen LogP contribution is 2.32. The first kappa shape index (κ1) is 12.1. The number of rotatable bonds is 5. The van der Waals surface area contributed by atoms with Crippen LogP contribution in [0.1, 0.15) is 12.0 Å². The zero-order chi connectivity index (χ0) is 11.3. The Hall–Kier alpha value is -0.930. The van der Waals surface area contributed by atoms with Gasteiger partial charge in [-0.25, -0.2) is 0 Å². The molecule has 1 aromatic carbocycles. The third kappa shape index (κ3) is 3.01. The van der Waals surface area contributed by atoms with Crippen LogP contribution in [0.15, 0.2) is 12.1 Å². The molecule has 1 N–H and O–H groups in total. The molecule has 0 saturated heterocycles. The van der Waals surface area contributed by atoms with Crippen LogP contribution in [0.3, 0.4) is 0 Å². The first-order chi connectivity index (χ1) is 7.22. The lowest BCUT2D eigenvalue weighted by Crippen LogP contribution is -1.97. The monoisotopic (exact) mass is 230 g/mol. The molecule has 0 amide bonds. The molecule has 0 bridgehead atoms. The van der Waals surface area contributed by atoms with Crippen molar-refractivity contribution >= 4 is 11.6 Å². The lowest BCUT2D eigenvalue weighted by molar-refractivity contribution is 0.287. The third-order valence-corrected chi connectivity index (χ3v) is 2.51. The van der Waals surface area contributed by atoms with Crippen LogP contribution >= 0.6 is 11.6 Å². The molecule has 15 heavy (non-hydrogen) atoms. The minimum Gasteiger partial charge on any atom is -0.497 e. The molecule has 1 rings (SSSR count). The maximum atomic E-state index is 8.77. The molecular formula is C11H15ClO3. The minimum absolute atomic E-state index is 0.144. The molecular weight excluding hydrogens is 216 g/mol. The number of ether oxygens (including phenoxy) is 2. The number of hydrogen-bond acceptors (Lipinski definition) is 3. The molecule has 3 nitrogen and oxygen atoms in total. The van der Waals surface area contributed by atoms with Gasteiger partial charge in [0.2, 0.25) is 0 Å². The molecule has 84 valence electrons. The van der Waals surface area contributed by atoms with E-state index in [-0.39, 0.29) is 6.61 Å². The van der Waals surface area contributed by atoms with E-state index >= 15 is 0 Å². The highest BCUT2D eigenvalue weighted by molar-refractivity contribution is 6.31. The molecule has 0 atom stereocenters. The van der Waals surface area contributed by atoms with Crippen LogP contribution in [0.4, 0.5) is 0 Å². The fourth-order valence-electron chi connectivity index (χ4n) is 1.39. The topological polar surface area (TPSA) is 38.7 Å². The Bertz CT molecular complexity index is 326. The number of benzene rings is 1. The molecule has 0 aliphatic heterocycles. The second-order valence-electron chi connectivity index (χ2n) is 3.12. The molecule has 0 unspecified atom stereocenters. The lowest BCUT2D eigenvalue weighted by Gasteiger charge is -2.11. The zero-order valence-corrected chi connectivity index (χ0v) is 9.67. The van der Waals surface area contributed by atoms with E-state index in [0.29, 0.717) is 29.4 Å². The van der Waals surface area contributed by atoms with Crippen LogP contribution < -0.4 is 9.47 Å². The van der Waals surface area contributed by atoms with Crippen molar-refractivity contribution < 1.29 is 14.6 Å². The highest BCUT2D eigenvalue weighted by Gasteiger charge is 2.10. The zero-order valence-electron chi connectivity index (χ0n) is 8.92. The minimum atomic E-state index is 0.144. The van der Waals surface area contributed by atoms with Crippen LogP contribution in [-0.2, 0) is 6.42 Å². The predicted octanol–water partition coefficient (Wildman–Crippen LogP) is 2.28. The summed E-state index contributed by atoms with van der Waals surface area (Å²) in [5.74, 6) is 1.37. The van der Waals surface area contributed by atoms with Gasteiger partial charge >= 0.3 is 0 Å². The van der Waals surface area contributed by atoms with Crippen LogP contribution in [0, 0.1) is 0 Å². The summed E-state index contributed by atoms with van der Waals surface area (Å²) in [5, 5.41) is 9.39. The fraction of sp³-hybridized carbons (Fsp3) is 0.455. The summed E-state index contributed by atoms with van der Waals surface area (Å²) in [6.45, 7) is 0.144. The van der Waals surface area contributed by atoms with E-state index in [1.54, 1.807) is 26.4 Å². The van der Waals surface area contributed by atoms with Crippen molar-refractivity contribution in [3.63, 3.8) is 0 Å². The second kappa shape index (κ2) is 5.83. The Labute approximate surface area is 94.6 Å². The average Bonchev–Trinajstić information content (AvgIpc) is 2.26. The molecule has 0 radical (unpaired) electrons. The summed E-state index contributed by atoms with van der Waals surface area (Å²) in [7, 11) is 3.17. The predicted molar refractivity (Wildman–Crippen MR) is 60.0 cm³/mol. The Morgan fingerprint density at radius 2 is 2.00 bits per heavy atom. The number of halogens is 1. The molecule has 0 aromatic heterocycles. The van der Waals surface area contributed by atoms with Gasteiger partial charge in [-0.1, -0.05) is 11.6 Å². The summed E-state index contributed by atoms with van der Waals surface area (Å²) in [5.41, 5.74) is 0.911. The van der Waals surface area contributed by atoms with E-state index < -0.39 is 0 Å². The van der Waals surface area contributed by atoms with Crippen LogP contribution in [-0.4, -0.2) is 25.9 Å². The first-order valence-corrected chi connectivity index (χ1v) is 5.12. The van der Waals surface area contributed by atoms with Gasteiger partial charge in [-0.3, -0.25) is 0 Å². The number of methoxy groups -OCH3 is 2. The molecule has 0 heterocycles. The number of hydrogen-bond donors (Lipinski definition) is 1. The van der Waals surface area contributed by atoms with Gasteiger partial charge in [-0.05, 0) is 18.9 Å². The molecule has 0 fully saturated rings.